The zero-order valence-electron chi connectivity index (χ0n) is 15.8. The summed E-state index contributed by atoms with van der Waals surface area (Å²) in [7, 11) is 0. The third-order valence-electron chi connectivity index (χ3n) is 4.45. The van der Waals surface area contributed by atoms with Crippen LogP contribution in [0.3, 0.4) is 0 Å². The maximum Gasteiger partial charge on any atom is 0.264 e. The van der Waals surface area contributed by atoms with Crippen LogP contribution in [-0.4, -0.2) is 40.2 Å². The van der Waals surface area contributed by atoms with Crippen LogP contribution in [0.25, 0.3) is 11.8 Å². The second-order valence-electron chi connectivity index (χ2n) is 6.28. The van der Waals surface area contributed by atoms with Crippen LogP contribution in [0.4, 0.5) is 0 Å². The smallest absolute Gasteiger partial charge is 0.264 e. The van der Waals surface area contributed by atoms with Gasteiger partial charge in [-0.05, 0) is 57.5 Å². The van der Waals surface area contributed by atoms with Gasteiger partial charge in [0.15, 0.2) is 0 Å². The number of carbonyl (C=O) groups excluding carboxylic acids is 1. The number of aliphatic hydroxyl groups excluding tert-OH is 1. The lowest BCUT2D eigenvalue weighted by Crippen LogP contribution is -2.34. The van der Waals surface area contributed by atoms with E-state index in [0.717, 1.165) is 22.6 Å². The van der Waals surface area contributed by atoms with Crippen LogP contribution in [0.2, 0.25) is 0 Å². The van der Waals surface area contributed by atoms with Crippen molar-refractivity contribution in [1.82, 2.24) is 9.47 Å². The molecule has 0 saturated heterocycles. The summed E-state index contributed by atoms with van der Waals surface area (Å²) in [5, 5.41) is 18.5. The molecule has 1 amide bonds. The standard InChI is InChI=1S/C21H25N3O2/c1-5-23(10-11-25)21(26)19(14-22)13-18-12-16(3)24(17(18)4)20-8-6-15(2)7-9-20/h6-9,12-13,25H,5,10-11H2,1-4H3/b19-13+. The van der Waals surface area contributed by atoms with Crippen molar-refractivity contribution in [3.05, 3.63) is 58.4 Å². The van der Waals surface area contributed by atoms with Gasteiger partial charge in [0.2, 0.25) is 0 Å². The van der Waals surface area contributed by atoms with E-state index in [1.54, 1.807) is 6.08 Å². The molecule has 1 aromatic carbocycles. The third kappa shape index (κ3) is 4.04. The van der Waals surface area contributed by atoms with Crippen LogP contribution in [0.1, 0.15) is 29.4 Å². The fourth-order valence-corrected chi connectivity index (χ4v) is 3.02. The van der Waals surface area contributed by atoms with Crippen LogP contribution in [0.15, 0.2) is 35.9 Å². The Bertz CT molecular complexity index is 855. The third-order valence-corrected chi connectivity index (χ3v) is 4.45. The molecule has 26 heavy (non-hydrogen) atoms. The lowest BCUT2D eigenvalue weighted by Gasteiger charge is -2.18. The van der Waals surface area contributed by atoms with E-state index in [1.807, 2.05) is 39.8 Å². The topological polar surface area (TPSA) is 69.3 Å². The van der Waals surface area contributed by atoms with Gasteiger partial charge in [-0.1, -0.05) is 17.7 Å². The number of benzene rings is 1. The first-order valence-electron chi connectivity index (χ1n) is 8.70. The molecule has 1 aromatic heterocycles. The van der Waals surface area contributed by atoms with Crippen LogP contribution >= 0.6 is 0 Å². The van der Waals surface area contributed by atoms with Crippen LogP contribution < -0.4 is 0 Å². The maximum absolute atomic E-state index is 12.5. The van der Waals surface area contributed by atoms with E-state index in [1.165, 1.54) is 10.5 Å². The Morgan fingerprint density at radius 1 is 1.27 bits per heavy atom. The van der Waals surface area contributed by atoms with Crippen LogP contribution in [-0.2, 0) is 4.79 Å². The predicted molar refractivity (Wildman–Crippen MR) is 103 cm³/mol. The largest absolute Gasteiger partial charge is 0.395 e. The first-order chi connectivity index (χ1) is 12.4. The lowest BCUT2D eigenvalue weighted by molar-refractivity contribution is -0.126. The summed E-state index contributed by atoms with van der Waals surface area (Å²) in [5.74, 6) is -0.357. The quantitative estimate of drug-likeness (QED) is 0.642. The van der Waals surface area contributed by atoms with E-state index in [0.29, 0.717) is 6.54 Å². The van der Waals surface area contributed by atoms with Gasteiger partial charge in [0.05, 0.1) is 6.61 Å². The molecule has 0 spiro atoms. The van der Waals surface area contributed by atoms with E-state index in [9.17, 15) is 10.1 Å². The molecule has 1 heterocycles. The summed E-state index contributed by atoms with van der Waals surface area (Å²) < 4.78 is 2.11. The number of amides is 1. The van der Waals surface area contributed by atoms with Crippen molar-refractivity contribution in [2.45, 2.75) is 27.7 Å². The van der Waals surface area contributed by atoms with Crippen molar-refractivity contribution in [2.24, 2.45) is 0 Å². The van der Waals surface area contributed by atoms with Gasteiger partial charge in [-0.15, -0.1) is 0 Å². The highest BCUT2D eigenvalue weighted by atomic mass is 16.3. The first kappa shape index (κ1) is 19.5. The van der Waals surface area contributed by atoms with Gasteiger partial charge in [0.1, 0.15) is 11.6 Å². The SMILES string of the molecule is CCN(CCO)C(=O)/C(C#N)=C/c1cc(C)n(-c2ccc(C)cc2)c1C. The fraction of sp³-hybridized carbons (Fsp3) is 0.333. The molecule has 0 radical (unpaired) electrons. The highest BCUT2D eigenvalue weighted by Gasteiger charge is 2.18. The average molecular weight is 351 g/mol. The molecule has 0 aliphatic heterocycles. The molecule has 2 rings (SSSR count). The Kier molecular flexibility index (Phi) is 6.37. The number of carbonyl (C=O) groups is 1. The number of aliphatic hydroxyl groups is 1. The Morgan fingerprint density at radius 3 is 2.46 bits per heavy atom. The molecule has 0 unspecified atom stereocenters. The number of likely N-dealkylation sites (N-methyl/N-ethyl adjacent to an activating group) is 1. The average Bonchev–Trinajstić information content (AvgIpc) is 2.91. The van der Waals surface area contributed by atoms with Crippen molar-refractivity contribution in [3.63, 3.8) is 0 Å². The van der Waals surface area contributed by atoms with Crippen LogP contribution in [0.5, 0.6) is 0 Å². The van der Waals surface area contributed by atoms with Crippen molar-refractivity contribution < 1.29 is 9.90 Å². The Balaban J connectivity index is 2.44. The number of hydrogen-bond donors (Lipinski definition) is 1. The summed E-state index contributed by atoms with van der Waals surface area (Å²) in [4.78, 5) is 14.0. The van der Waals surface area contributed by atoms with Gasteiger partial charge in [0, 0.05) is 30.2 Å². The van der Waals surface area contributed by atoms with Crippen molar-refractivity contribution in [1.29, 1.82) is 5.26 Å². The summed E-state index contributed by atoms with van der Waals surface area (Å²) in [6.07, 6.45) is 1.63. The van der Waals surface area contributed by atoms with Gasteiger partial charge in [-0.3, -0.25) is 4.79 Å². The number of hydrogen-bond acceptors (Lipinski definition) is 3. The molecule has 2 aromatic rings. The molecule has 0 fully saturated rings. The summed E-state index contributed by atoms with van der Waals surface area (Å²) in [6, 6.07) is 12.2. The predicted octanol–water partition coefficient (Wildman–Crippen LogP) is 3.15. The molecular weight excluding hydrogens is 326 g/mol. The second-order valence-corrected chi connectivity index (χ2v) is 6.28. The minimum Gasteiger partial charge on any atom is -0.395 e. The molecule has 0 atom stereocenters. The molecule has 0 bridgehead atoms. The zero-order chi connectivity index (χ0) is 19.3. The van der Waals surface area contributed by atoms with E-state index in [-0.39, 0.29) is 24.6 Å². The molecule has 5 nitrogen and oxygen atoms in total. The number of aromatic nitrogens is 1. The van der Waals surface area contributed by atoms with Crippen molar-refractivity contribution >= 4 is 12.0 Å². The van der Waals surface area contributed by atoms with E-state index < -0.39 is 0 Å². The van der Waals surface area contributed by atoms with E-state index in [4.69, 9.17) is 5.11 Å². The minimum absolute atomic E-state index is 0.0736. The Labute approximate surface area is 154 Å². The molecule has 0 aliphatic carbocycles. The molecule has 5 heteroatoms. The Hall–Kier alpha value is -2.84. The van der Waals surface area contributed by atoms with E-state index >= 15 is 0 Å². The summed E-state index contributed by atoms with van der Waals surface area (Å²) in [5.41, 5.74) is 5.16. The summed E-state index contributed by atoms with van der Waals surface area (Å²) in [6.45, 7) is 8.39. The first-order valence-corrected chi connectivity index (χ1v) is 8.70. The Morgan fingerprint density at radius 2 is 1.92 bits per heavy atom. The van der Waals surface area contributed by atoms with Gasteiger partial charge < -0.3 is 14.6 Å². The number of nitrogens with zero attached hydrogens (tertiary/aromatic N) is 3. The van der Waals surface area contributed by atoms with Crippen molar-refractivity contribution in [2.75, 3.05) is 19.7 Å². The fourth-order valence-electron chi connectivity index (χ4n) is 3.02. The minimum atomic E-state index is -0.357. The molecule has 1 N–H and O–H groups in total. The van der Waals surface area contributed by atoms with Crippen molar-refractivity contribution in [3.8, 4) is 11.8 Å². The van der Waals surface area contributed by atoms with Gasteiger partial charge in [-0.2, -0.15) is 5.26 Å². The maximum atomic E-state index is 12.5. The molecule has 136 valence electrons. The highest BCUT2D eigenvalue weighted by Crippen LogP contribution is 2.23. The number of rotatable bonds is 6. The van der Waals surface area contributed by atoms with Gasteiger partial charge >= 0.3 is 0 Å². The van der Waals surface area contributed by atoms with Crippen LogP contribution in [0, 0.1) is 32.1 Å². The van der Waals surface area contributed by atoms with Gasteiger partial charge in [0.25, 0.3) is 5.91 Å². The van der Waals surface area contributed by atoms with Gasteiger partial charge in [-0.25, -0.2) is 0 Å². The monoisotopic (exact) mass is 351 g/mol. The second kappa shape index (κ2) is 8.50. The zero-order valence-corrected chi connectivity index (χ0v) is 15.8. The normalized spacial score (nSPS) is 11.3. The lowest BCUT2D eigenvalue weighted by atomic mass is 10.1. The molecule has 0 saturated carbocycles. The molecular formula is C21H25N3O2. The van der Waals surface area contributed by atoms with E-state index in [2.05, 4.69) is 28.8 Å². The highest BCUT2D eigenvalue weighted by molar-refractivity contribution is 6.01. The summed E-state index contributed by atoms with van der Waals surface area (Å²) >= 11 is 0. The number of aryl methyl sites for hydroxylation is 2. The number of nitriles is 1. The molecule has 0 aliphatic rings.